The van der Waals surface area contributed by atoms with E-state index in [1.54, 1.807) is 0 Å². The molecule has 2 aromatic heterocycles. The molecule has 1 aliphatic carbocycles. The molecular weight excluding hydrogens is 743 g/mol. The zero-order valence-electron chi connectivity index (χ0n) is 32.8. The average molecular weight is 780 g/mol. The first-order valence-corrected chi connectivity index (χ1v) is 21.8. The van der Waals surface area contributed by atoms with Gasteiger partial charge in [0.25, 0.3) is 0 Å². The molecule has 2 heteroatoms. The van der Waals surface area contributed by atoms with E-state index in [0.717, 1.165) is 18.5 Å². The fourth-order valence-corrected chi connectivity index (χ4v) is 11.6. The van der Waals surface area contributed by atoms with E-state index < -0.39 is 0 Å². The van der Waals surface area contributed by atoms with Gasteiger partial charge in [-0.2, -0.15) is 0 Å². The first kappa shape index (κ1) is 33.7. The van der Waals surface area contributed by atoms with Gasteiger partial charge in [0.15, 0.2) is 0 Å². The zero-order chi connectivity index (χ0) is 39.3. The number of nitrogens with zero attached hydrogens (tertiary/aromatic N) is 1. The molecule has 60 heavy (non-hydrogen) atoms. The van der Waals surface area contributed by atoms with Gasteiger partial charge in [0.05, 0.1) is 11.0 Å². The first-order valence-electron chi connectivity index (χ1n) is 21.0. The summed E-state index contributed by atoms with van der Waals surface area (Å²) in [4.78, 5) is 1.41. The molecule has 0 atom stereocenters. The summed E-state index contributed by atoms with van der Waals surface area (Å²) in [5.74, 6) is 0. The molecule has 0 fully saturated rings. The van der Waals surface area contributed by atoms with Crippen LogP contribution in [0.2, 0.25) is 0 Å². The molecule has 0 N–H and O–H groups in total. The standard InChI is InChI=1S/C58H37NS/c1-3-14-38-32-41(26-24-36(38)12-1)56-47-18-5-6-19-48(47)57(42-27-25-37-13-2-4-15-39(37)33-42)52-35-43(29-30-49(52)56)59-53-22-9-7-16-45(53)51-34-40(28-31-54(51)59)44-20-11-21-50-46-17-8-10-23-55(46)60-58(44)50/h1-7,9-16,18-35H,8,17H2. The highest BCUT2D eigenvalue weighted by molar-refractivity contribution is 7.20. The lowest BCUT2D eigenvalue weighted by molar-refractivity contribution is 1.01. The van der Waals surface area contributed by atoms with Crippen molar-refractivity contribution < 1.29 is 0 Å². The van der Waals surface area contributed by atoms with E-state index in [4.69, 9.17) is 0 Å². The molecule has 10 aromatic carbocycles. The van der Waals surface area contributed by atoms with Crippen LogP contribution in [0.3, 0.4) is 0 Å². The van der Waals surface area contributed by atoms with Gasteiger partial charge >= 0.3 is 0 Å². The molecule has 0 radical (unpaired) electrons. The first-order chi connectivity index (χ1) is 29.7. The molecule has 0 unspecified atom stereocenters. The Bertz CT molecular complexity index is 3780. The summed E-state index contributed by atoms with van der Waals surface area (Å²) in [6.45, 7) is 0. The number of aromatic nitrogens is 1. The summed E-state index contributed by atoms with van der Waals surface area (Å²) in [7, 11) is 0. The van der Waals surface area contributed by atoms with Crippen molar-refractivity contribution in [1.82, 2.24) is 4.57 Å². The lowest BCUT2D eigenvalue weighted by atomic mass is 9.85. The average Bonchev–Trinajstić information content (AvgIpc) is 3.86. The van der Waals surface area contributed by atoms with Crippen molar-refractivity contribution in [2.24, 2.45) is 0 Å². The molecule has 13 rings (SSSR count). The Balaban J connectivity index is 1.08. The van der Waals surface area contributed by atoms with Crippen molar-refractivity contribution in [3.05, 3.63) is 205 Å². The van der Waals surface area contributed by atoms with Crippen LogP contribution in [0.1, 0.15) is 16.9 Å². The molecule has 1 nitrogen and oxygen atoms in total. The molecule has 280 valence electrons. The van der Waals surface area contributed by atoms with E-state index >= 15 is 0 Å². The second-order valence-corrected chi connectivity index (χ2v) is 17.4. The Morgan fingerprint density at radius 1 is 0.400 bits per heavy atom. The third kappa shape index (κ3) is 5.05. The van der Waals surface area contributed by atoms with Crippen LogP contribution in [0, 0.1) is 0 Å². The maximum atomic E-state index is 2.48. The zero-order valence-corrected chi connectivity index (χ0v) is 33.6. The van der Waals surface area contributed by atoms with Gasteiger partial charge in [-0.25, -0.2) is 0 Å². The summed E-state index contributed by atoms with van der Waals surface area (Å²) in [6, 6.07) is 70.4. The Hall–Kier alpha value is -7.26. The number of hydrogen-bond acceptors (Lipinski definition) is 1. The number of rotatable bonds is 4. The van der Waals surface area contributed by atoms with Crippen LogP contribution in [-0.4, -0.2) is 4.57 Å². The highest BCUT2D eigenvalue weighted by atomic mass is 32.1. The minimum absolute atomic E-state index is 1.12. The van der Waals surface area contributed by atoms with Crippen LogP contribution >= 0.6 is 11.3 Å². The predicted octanol–water partition coefficient (Wildman–Crippen LogP) is 16.6. The summed E-state index contributed by atoms with van der Waals surface area (Å²) in [6.07, 6.45) is 6.89. The minimum atomic E-state index is 1.12. The van der Waals surface area contributed by atoms with Crippen molar-refractivity contribution in [2.75, 3.05) is 0 Å². The third-order valence-electron chi connectivity index (χ3n) is 13.0. The van der Waals surface area contributed by atoms with Gasteiger partial charge in [-0.1, -0.05) is 152 Å². The van der Waals surface area contributed by atoms with E-state index in [1.807, 2.05) is 11.3 Å². The Kier molecular flexibility index (Phi) is 7.37. The van der Waals surface area contributed by atoms with Crippen LogP contribution < -0.4 is 0 Å². The van der Waals surface area contributed by atoms with Gasteiger partial charge in [-0.15, -0.1) is 11.3 Å². The van der Waals surface area contributed by atoms with Crippen molar-refractivity contribution >= 4 is 92.4 Å². The molecule has 0 amide bonds. The van der Waals surface area contributed by atoms with Crippen LogP contribution in [0.5, 0.6) is 0 Å². The lowest BCUT2D eigenvalue weighted by Gasteiger charge is -2.20. The summed E-state index contributed by atoms with van der Waals surface area (Å²) < 4.78 is 3.88. The van der Waals surface area contributed by atoms with Gasteiger partial charge in [0.1, 0.15) is 0 Å². The molecule has 0 saturated carbocycles. The van der Waals surface area contributed by atoms with E-state index in [0.29, 0.717) is 0 Å². The van der Waals surface area contributed by atoms with Crippen LogP contribution in [0.4, 0.5) is 0 Å². The van der Waals surface area contributed by atoms with E-state index in [-0.39, 0.29) is 0 Å². The number of para-hydroxylation sites is 1. The number of hydrogen-bond donors (Lipinski definition) is 0. The smallest absolute Gasteiger partial charge is 0.0541 e. The maximum absolute atomic E-state index is 2.48. The van der Waals surface area contributed by atoms with Gasteiger partial charge in [0, 0.05) is 26.0 Å². The van der Waals surface area contributed by atoms with E-state index in [2.05, 4.69) is 205 Å². The molecular formula is C58H37NS. The molecule has 12 aromatic rings. The second-order valence-electron chi connectivity index (χ2n) is 16.3. The molecule has 0 saturated heterocycles. The van der Waals surface area contributed by atoms with E-state index in [1.165, 1.54) is 119 Å². The van der Waals surface area contributed by atoms with Crippen LogP contribution in [-0.2, 0) is 6.42 Å². The van der Waals surface area contributed by atoms with Gasteiger partial charge in [-0.05, 0) is 149 Å². The number of fused-ring (bicyclic) bond motifs is 10. The van der Waals surface area contributed by atoms with E-state index in [9.17, 15) is 0 Å². The van der Waals surface area contributed by atoms with Crippen molar-refractivity contribution in [2.45, 2.75) is 12.8 Å². The van der Waals surface area contributed by atoms with Crippen molar-refractivity contribution in [3.63, 3.8) is 0 Å². The summed E-state index contributed by atoms with van der Waals surface area (Å²) in [5.41, 5.74) is 12.7. The molecule has 1 aliphatic rings. The Morgan fingerprint density at radius 2 is 1.00 bits per heavy atom. The van der Waals surface area contributed by atoms with Gasteiger partial charge in [0.2, 0.25) is 0 Å². The van der Waals surface area contributed by atoms with Crippen LogP contribution in [0.15, 0.2) is 194 Å². The monoisotopic (exact) mass is 779 g/mol. The summed E-state index contributed by atoms with van der Waals surface area (Å²) in [5, 5.41) is 14.0. The van der Waals surface area contributed by atoms with Crippen LogP contribution in [0.25, 0.3) is 120 Å². The molecule has 2 heterocycles. The lowest BCUT2D eigenvalue weighted by Crippen LogP contribution is -1.96. The van der Waals surface area contributed by atoms with Gasteiger partial charge in [-0.3, -0.25) is 0 Å². The molecule has 0 bridgehead atoms. The number of thiophene rings is 1. The number of aryl methyl sites for hydroxylation is 1. The molecule has 0 aliphatic heterocycles. The minimum Gasteiger partial charge on any atom is -0.309 e. The topological polar surface area (TPSA) is 4.93 Å². The quantitative estimate of drug-likeness (QED) is 0.157. The SMILES string of the molecule is C1=Cc2sc3c(-c4ccc5c(c4)c4ccccc4n5-c4ccc5c(-c6ccc7ccccc7c6)c6ccccc6c(-c6ccc7ccccc7c6)c5c4)cccc3c2CC1. The normalized spacial score (nSPS) is 12.8. The summed E-state index contributed by atoms with van der Waals surface area (Å²) >= 11 is 1.94. The van der Waals surface area contributed by atoms with Gasteiger partial charge < -0.3 is 4.57 Å². The number of benzene rings is 10. The predicted molar refractivity (Wildman–Crippen MR) is 260 cm³/mol. The highest BCUT2D eigenvalue weighted by Gasteiger charge is 2.21. The largest absolute Gasteiger partial charge is 0.309 e. The number of allylic oxidation sites excluding steroid dienone is 1. The Morgan fingerprint density at radius 3 is 1.75 bits per heavy atom. The third-order valence-corrected chi connectivity index (χ3v) is 14.3. The van der Waals surface area contributed by atoms with Crippen molar-refractivity contribution in [3.8, 4) is 39.1 Å². The van der Waals surface area contributed by atoms with Crippen molar-refractivity contribution in [1.29, 1.82) is 0 Å². The second kappa shape index (κ2) is 13.1. The Labute approximate surface area is 351 Å². The molecule has 0 spiro atoms. The fraction of sp³-hybridized carbons (Fsp3) is 0.0345. The fourth-order valence-electron chi connectivity index (χ4n) is 10.3. The highest BCUT2D eigenvalue weighted by Crippen LogP contribution is 2.47. The maximum Gasteiger partial charge on any atom is 0.0541 e.